The molecule has 0 saturated carbocycles. The number of fused-ring (bicyclic) bond motifs is 1. The zero-order valence-electron chi connectivity index (χ0n) is 10.9. The van der Waals surface area contributed by atoms with Crippen molar-refractivity contribution in [3.8, 4) is 0 Å². The Bertz CT molecular complexity index is 695. The largest absolute Gasteiger partial charge is 0.348 e. The van der Waals surface area contributed by atoms with Crippen LogP contribution >= 0.6 is 0 Å². The van der Waals surface area contributed by atoms with E-state index in [4.69, 9.17) is 0 Å². The number of Topliss-reactive ketones (excluding diaryl/α,β-unsaturated/α-hetero) is 1. The van der Waals surface area contributed by atoms with Gasteiger partial charge in [-0.15, -0.1) is 0 Å². The number of aryl methyl sites for hydroxylation is 1. The number of imide groups is 1. The number of carbonyl (C=O) groups is 3. The van der Waals surface area contributed by atoms with Crippen molar-refractivity contribution in [2.75, 3.05) is 6.54 Å². The van der Waals surface area contributed by atoms with Gasteiger partial charge < -0.3 is 4.57 Å². The second-order valence-electron chi connectivity index (χ2n) is 4.67. The van der Waals surface area contributed by atoms with Gasteiger partial charge in [-0.2, -0.15) is 0 Å². The molecule has 20 heavy (non-hydrogen) atoms. The van der Waals surface area contributed by atoms with Crippen LogP contribution in [0.1, 0.15) is 31.2 Å². The SMILES string of the molecule is Cn1cccc1C(=O)CN1C(=O)c2ccccc2C1=O. The monoisotopic (exact) mass is 268 g/mol. The maximum Gasteiger partial charge on any atom is 0.261 e. The van der Waals surface area contributed by atoms with Gasteiger partial charge in [-0.25, -0.2) is 0 Å². The topological polar surface area (TPSA) is 59.4 Å². The molecule has 0 radical (unpaired) electrons. The Morgan fingerprint density at radius 2 is 1.60 bits per heavy atom. The molecular weight excluding hydrogens is 256 g/mol. The summed E-state index contributed by atoms with van der Waals surface area (Å²) in [7, 11) is 1.75. The molecule has 1 aromatic heterocycles. The van der Waals surface area contributed by atoms with Crippen molar-refractivity contribution in [1.29, 1.82) is 0 Å². The van der Waals surface area contributed by atoms with Gasteiger partial charge in [-0.05, 0) is 24.3 Å². The van der Waals surface area contributed by atoms with Crippen LogP contribution in [-0.4, -0.2) is 33.6 Å². The van der Waals surface area contributed by atoms with Crippen molar-refractivity contribution in [1.82, 2.24) is 9.47 Å². The van der Waals surface area contributed by atoms with Gasteiger partial charge in [0.2, 0.25) is 0 Å². The molecule has 0 bridgehead atoms. The van der Waals surface area contributed by atoms with E-state index in [1.165, 1.54) is 0 Å². The zero-order chi connectivity index (χ0) is 14.3. The summed E-state index contributed by atoms with van der Waals surface area (Å²) in [6.07, 6.45) is 1.75. The minimum absolute atomic E-state index is 0.232. The van der Waals surface area contributed by atoms with Crippen LogP contribution in [0.5, 0.6) is 0 Å². The first kappa shape index (κ1) is 12.3. The summed E-state index contributed by atoms with van der Waals surface area (Å²) >= 11 is 0. The van der Waals surface area contributed by atoms with E-state index < -0.39 is 11.8 Å². The summed E-state index contributed by atoms with van der Waals surface area (Å²) in [5, 5.41) is 0. The summed E-state index contributed by atoms with van der Waals surface area (Å²) in [4.78, 5) is 37.4. The second kappa shape index (κ2) is 4.45. The van der Waals surface area contributed by atoms with Crippen molar-refractivity contribution in [2.45, 2.75) is 0 Å². The van der Waals surface area contributed by atoms with Crippen molar-refractivity contribution < 1.29 is 14.4 Å². The van der Waals surface area contributed by atoms with Gasteiger partial charge >= 0.3 is 0 Å². The number of nitrogens with zero attached hydrogens (tertiary/aromatic N) is 2. The second-order valence-corrected chi connectivity index (χ2v) is 4.67. The minimum Gasteiger partial charge on any atom is -0.348 e. The van der Waals surface area contributed by atoms with Gasteiger partial charge in [0.25, 0.3) is 11.8 Å². The highest BCUT2D eigenvalue weighted by molar-refractivity contribution is 6.22. The van der Waals surface area contributed by atoms with E-state index in [9.17, 15) is 14.4 Å². The lowest BCUT2D eigenvalue weighted by molar-refractivity contribution is 0.0622. The molecule has 0 saturated heterocycles. The Morgan fingerprint density at radius 1 is 1.00 bits per heavy atom. The molecule has 2 heterocycles. The van der Waals surface area contributed by atoms with E-state index in [-0.39, 0.29) is 12.3 Å². The van der Waals surface area contributed by atoms with Crippen LogP contribution in [-0.2, 0) is 7.05 Å². The first-order valence-electron chi connectivity index (χ1n) is 6.19. The number of amides is 2. The lowest BCUT2D eigenvalue weighted by Crippen LogP contribution is -2.35. The van der Waals surface area contributed by atoms with E-state index in [0.717, 1.165) is 4.90 Å². The van der Waals surface area contributed by atoms with E-state index >= 15 is 0 Å². The van der Waals surface area contributed by atoms with E-state index in [1.807, 2.05) is 0 Å². The van der Waals surface area contributed by atoms with Crippen molar-refractivity contribution in [3.63, 3.8) is 0 Å². The number of benzene rings is 1. The molecule has 0 aliphatic carbocycles. The molecular formula is C15H12N2O3. The summed E-state index contributed by atoms with van der Waals surface area (Å²) in [5.41, 5.74) is 1.19. The van der Waals surface area contributed by atoms with Gasteiger partial charge in [0.05, 0.1) is 23.4 Å². The molecule has 0 N–H and O–H groups in total. The molecule has 2 aromatic rings. The molecule has 0 fully saturated rings. The van der Waals surface area contributed by atoms with E-state index in [0.29, 0.717) is 16.8 Å². The van der Waals surface area contributed by atoms with Gasteiger partial charge in [0.1, 0.15) is 0 Å². The predicted molar refractivity (Wildman–Crippen MR) is 71.6 cm³/mol. The maximum atomic E-state index is 12.2. The highest BCUT2D eigenvalue weighted by Crippen LogP contribution is 2.22. The zero-order valence-corrected chi connectivity index (χ0v) is 10.9. The van der Waals surface area contributed by atoms with Crippen molar-refractivity contribution in [3.05, 3.63) is 59.4 Å². The van der Waals surface area contributed by atoms with Crippen LogP contribution < -0.4 is 0 Å². The molecule has 0 spiro atoms. The number of hydrogen-bond donors (Lipinski definition) is 0. The first-order chi connectivity index (χ1) is 9.59. The molecule has 100 valence electrons. The Hall–Kier alpha value is -2.69. The van der Waals surface area contributed by atoms with E-state index in [1.54, 1.807) is 54.2 Å². The normalized spacial score (nSPS) is 13.8. The molecule has 3 rings (SSSR count). The quantitative estimate of drug-likeness (QED) is 0.626. The number of hydrogen-bond acceptors (Lipinski definition) is 3. The highest BCUT2D eigenvalue weighted by Gasteiger charge is 2.36. The standard InChI is InChI=1S/C15H12N2O3/c1-16-8-4-7-12(16)13(18)9-17-14(19)10-5-2-3-6-11(10)15(17)20/h2-8H,9H2,1H3. The van der Waals surface area contributed by atoms with Crippen LogP contribution in [0.4, 0.5) is 0 Å². The Labute approximate surface area is 115 Å². The van der Waals surface area contributed by atoms with Crippen LogP contribution in [0.25, 0.3) is 0 Å². The van der Waals surface area contributed by atoms with Gasteiger partial charge in [-0.1, -0.05) is 12.1 Å². The lowest BCUT2D eigenvalue weighted by Gasteiger charge is -2.12. The highest BCUT2D eigenvalue weighted by atomic mass is 16.2. The molecule has 5 nitrogen and oxygen atoms in total. The third-order valence-corrected chi connectivity index (χ3v) is 3.41. The number of rotatable bonds is 3. The molecule has 1 aliphatic rings. The number of ketones is 1. The third kappa shape index (κ3) is 1.75. The molecule has 1 aliphatic heterocycles. The van der Waals surface area contributed by atoms with Gasteiger partial charge in [0.15, 0.2) is 5.78 Å². The van der Waals surface area contributed by atoms with E-state index in [2.05, 4.69) is 0 Å². The Balaban J connectivity index is 1.87. The fourth-order valence-corrected chi connectivity index (χ4v) is 2.36. The van der Waals surface area contributed by atoms with Crippen molar-refractivity contribution >= 4 is 17.6 Å². The Morgan fingerprint density at radius 3 is 2.10 bits per heavy atom. The van der Waals surface area contributed by atoms with Gasteiger partial charge in [-0.3, -0.25) is 19.3 Å². The fourth-order valence-electron chi connectivity index (χ4n) is 2.36. The van der Waals surface area contributed by atoms with Crippen molar-refractivity contribution in [2.24, 2.45) is 7.05 Å². The van der Waals surface area contributed by atoms with Gasteiger partial charge in [0, 0.05) is 13.2 Å². The van der Waals surface area contributed by atoms with Crippen LogP contribution in [0.3, 0.4) is 0 Å². The molecule has 1 aromatic carbocycles. The maximum absolute atomic E-state index is 12.2. The molecule has 0 atom stereocenters. The average molecular weight is 268 g/mol. The smallest absolute Gasteiger partial charge is 0.261 e. The molecule has 2 amide bonds. The summed E-state index contributed by atoms with van der Waals surface area (Å²) in [6, 6.07) is 10.0. The van der Waals surface area contributed by atoms with Crippen LogP contribution in [0, 0.1) is 0 Å². The molecule has 5 heteroatoms. The average Bonchev–Trinajstić information content (AvgIpc) is 2.97. The number of carbonyl (C=O) groups excluding carboxylic acids is 3. The third-order valence-electron chi connectivity index (χ3n) is 3.41. The summed E-state index contributed by atoms with van der Waals surface area (Å²) < 4.78 is 1.67. The predicted octanol–water partition coefficient (Wildman–Crippen LogP) is 1.50. The summed E-state index contributed by atoms with van der Waals surface area (Å²) in [6.45, 7) is -0.232. The first-order valence-corrected chi connectivity index (χ1v) is 6.19. The minimum atomic E-state index is -0.409. The van der Waals surface area contributed by atoms with Crippen LogP contribution in [0.15, 0.2) is 42.6 Å². The summed E-state index contributed by atoms with van der Waals surface area (Å²) in [5.74, 6) is -1.08. The molecule has 0 unspecified atom stereocenters. The fraction of sp³-hybridized carbons (Fsp3) is 0.133. The lowest BCUT2D eigenvalue weighted by atomic mass is 10.1. The van der Waals surface area contributed by atoms with Crippen LogP contribution in [0.2, 0.25) is 0 Å². The Kier molecular flexibility index (Phi) is 2.75. The number of aromatic nitrogens is 1.